The highest BCUT2D eigenvalue weighted by molar-refractivity contribution is 7.21. The minimum absolute atomic E-state index is 0.205. The number of ether oxygens (including phenoxy) is 1. The highest BCUT2D eigenvalue weighted by Crippen LogP contribution is 2.34. The molecule has 2 N–H and O–H groups in total. The maximum atomic E-state index is 12.4. The van der Waals surface area contributed by atoms with Crippen LogP contribution in [0.2, 0.25) is 5.02 Å². The molecule has 1 atom stereocenters. The van der Waals surface area contributed by atoms with Crippen LogP contribution in [0, 0.1) is 0 Å². The molecule has 3 rings (SSSR count). The fraction of sp³-hybridized carbons (Fsp3) is 0.182. The third kappa shape index (κ3) is 5.28. The van der Waals surface area contributed by atoms with Gasteiger partial charge in [-0.25, -0.2) is 0 Å². The summed E-state index contributed by atoms with van der Waals surface area (Å²) in [6.07, 6.45) is -1.13. The Morgan fingerprint density at radius 1 is 1.06 bits per heavy atom. The van der Waals surface area contributed by atoms with Crippen molar-refractivity contribution in [2.45, 2.75) is 20.0 Å². The van der Waals surface area contributed by atoms with Crippen molar-refractivity contribution in [2.75, 3.05) is 11.9 Å². The first kappa shape index (κ1) is 22.5. The molecule has 160 valence electrons. The molecule has 0 bridgehead atoms. The van der Waals surface area contributed by atoms with Gasteiger partial charge in [0, 0.05) is 15.6 Å². The largest absolute Gasteiger partial charge is 0.451 e. The van der Waals surface area contributed by atoms with Crippen LogP contribution in [0.1, 0.15) is 33.9 Å². The van der Waals surface area contributed by atoms with Crippen molar-refractivity contribution in [2.24, 2.45) is 0 Å². The number of halogens is 1. The quantitative estimate of drug-likeness (QED) is 0.410. The van der Waals surface area contributed by atoms with Crippen molar-refractivity contribution in [1.29, 1.82) is 0 Å². The van der Waals surface area contributed by atoms with Crippen molar-refractivity contribution in [1.82, 2.24) is 5.32 Å². The Bertz CT molecular complexity index is 1170. The molecule has 9 heteroatoms. The normalized spacial score (nSPS) is 11.6. The minimum atomic E-state index is -1.13. The van der Waals surface area contributed by atoms with E-state index in [0.29, 0.717) is 21.2 Å². The van der Waals surface area contributed by atoms with E-state index in [2.05, 4.69) is 10.6 Å². The summed E-state index contributed by atoms with van der Waals surface area (Å²) in [6.45, 7) is 2.36. The van der Waals surface area contributed by atoms with Gasteiger partial charge >= 0.3 is 5.97 Å². The number of hydrogen-bond donors (Lipinski definition) is 2. The van der Waals surface area contributed by atoms with E-state index in [0.717, 1.165) is 10.1 Å². The minimum Gasteiger partial charge on any atom is -0.451 e. The van der Waals surface area contributed by atoms with E-state index in [1.54, 1.807) is 24.3 Å². The topological polar surface area (TPSA) is 102 Å². The molecule has 0 aliphatic rings. The number of anilines is 1. The van der Waals surface area contributed by atoms with E-state index in [1.165, 1.54) is 25.2 Å². The Morgan fingerprint density at radius 2 is 1.74 bits per heavy atom. The number of benzene rings is 2. The van der Waals surface area contributed by atoms with Gasteiger partial charge in [-0.15, -0.1) is 11.3 Å². The number of thiophene rings is 1. The number of rotatable bonds is 7. The Balaban J connectivity index is 1.55. The molecule has 1 heterocycles. The highest BCUT2D eigenvalue weighted by Gasteiger charge is 2.21. The van der Waals surface area contributed by atoms with Gasteiger partial charge in [0.25, 0.3) is 11.8 Å². The number of esters is 1. The standard InChI is InChI=1S/C22H19ClN2O5S/c1-12(26)14-7-3-5-9-16(14)25-21(28)13(2)30-18(27)11-24-22(29)20-19(23)15-8-4-6-10-17(15)31-20/h3-10,13H,11H2,1-2H3,(H,24,29)(H,25,28). The van der Waals surface area contributed by atoms with Crippen LogP contribution in [0.25, 0.3) is 10.1 Å². The average molecular weight is 459 g/mol. The van der Waals surface area contributed by atoms with E-state index < -0.39 is 30.4 Å². The lowest BCUT2D eigenvalue weighted by molar-refractivity contribution is -0.152. The molecular weight excluding hydrogens is 440 g/mol. The molecular formula is C22H19ClN2O5S. The third-order valence-electron chi connectivity index (χ3n) is 4.38. The second-order valence-electron chi connectivity index (χ2n) is 6.65. The molecule has 0 spiro atoms. The number of fused-ring (bicyclic) bond motifs is 1. The summed E-state index contributed by atoms with van der Waals surface area (Å²) in [7, 11) is 0. The zero-order valence-corrected chi connectivity index (χ0v) is 18.3. The summed E-state index contributed by atoms with van der Waals surface area (Å²) in [5, 5.41) is 6.11. The SMILES string of the molecule is CC(=O)c1ccccc1NC(=O)C(C)OC(=O)CNC(=O)c1sc2ccccc2c1Cl. The number of carbonyl (C=O) groups excluding carboxylic acids is 4. The monoisotopic (exact) mass is 458 g/mol. The van der Waals surface area contributed by atoms with Crippen molar-refractivity contribution >= 4 is 62.3 Å². The van der Waals surface area contributed by atoms with Crippen molar-refractivity contribution in [3.05, 3.63) is 64.0 Å². The van der Waals surface area contributed by atoms with Crippen LogP contribution >= 0.6 is 22.9 Å². The fourth-order valence-corrected chi connectivity index (χ4v) is 4.25. The molecule has 1 unspecified atom stereocenters. The number of para-hydroxylation sites is 1. The van der Waals surface area contributed by atoms with Gasteiger partial charge in [-0.3, -0.25) is 19.2 Å². The molecule has 31 heavy (non-hydrogen) atoms. The Morgan fingerprint density at radius 3 is 2.45 bits per heavy atom. The number of hydrogen-bond acceptors (Lipinski definition) is 6. The predicted octanol–water partition coefficient (Wildman–Crippen LogP) is 4.06. The zero-order chi connectivity index (χ0) is 22.5. The molecule has 3 aromatic rings. The molecule has 0 saturated heterocycles. The first-order valence-corrected chi connectivity index (χ1v) is 10.5. The molecule has 0 saturated carbocycles. The second kappa shape index (κ2) is 9.72. The molecule has 0 fully saturated rings. The van der Waals surface area contributed by atoms with Gasteiger partial charge in [-0.1, -0.05) is 41.9 Å². The van der Waals surface area contributed by atoms with Gasteiger partial charge in [-0.05, 0) is 32.0 Å². The summed E-state index contributed by atoms with van der Waals surface area (Å²) in [5.41, 5.74) is 0.678. The summed E-state index contributed by atoms with van der Waals surface area (Å²) in [4.78, 5) is 48.7. The molecule has 2 aromatic carbocycles. The molecule has 0 aliphatic heterocycles. The summed E-state index contributed by atoms with van der Waals surface area (Å²) < 4.78 is 5.94. The predicted molar refractivity (Wildman–Crippen MR) is 120 cm³/mol. The van der Waals surface area contributed by atoms with E-state index >= 15 is 0 Å². The van der Waals surface area contributed by atoms with E-state index in [9.17, 15) is 19.2 Å². The van der Waals surface area contributed by atoms with Gasteiger partial charge < -0.3 is 15.4 Å². The van der Waals surface area contributed by atoms with Crippen LogP contribution in [0.5, 0.6) is 0 Å². The van der Waals surface area contributed by atoms with Crippen molar-refractivity contribution in [3.63, 3.8) is 0 Å². The number of carbonyl (C=O) groups is 4. The number of ketones is 1. The van der Waals surface area contributed by atoms with Crippen LogP contribution in [0.3, 0.4) is 0 Å². The van der Waals surface area contributed by atoms with E-state index in [4.69, 9.17) is 16.3 Å². The van der Waals surface area contributed by atoms with Gasteiger partial charge in [-0.2, -0.15) is 0 Å². The Labute approximate surface area is 187 Å². The van der Waals surface area contributed by atoms with Crippen LogP contribution < -0.4 is 10.6 Å². The second-order valence-corrected chi connectivity index (χ2v) is 8.08. The lowest BCUT2D eigenvalue weighted by Gasteiger charge is -2.15. The van der Waals surface area contributed by atoms with E-state index in [-0.39, 0.29) is 5.78 Å². The molecule has 0 radical (unpaired) electrons. The van der Waals surface area contributed by atoms with Gasteiger partial charge in [0.1, 0.15) is 11.4 Å². The lowest BCUT2D eigenvalue weighted by atomic mass is 10.1. The fourth-order valence-electron chi connectivity index (χ4n) is 2.82. The highest BCUT2D eigenvalue weighted by atomic mass is 35.5. The van der Waals surface area contributed by atoms with E-state index in [1.807, 2.05) is 24.3 Å². The molecule has 0 aliphatic carbocycles. The third-order valence-corrected chi connectivity index (χ3v) is 6.05. The summed E-state index contributed by atoms with van der Waals surface area (Å²) in [5.74, 6) is -2.09. The lowest BCUT2D eigenvalue weighted by Crippen LogP contribution is -2.35. The maximum absolute atomic E-state index is 12.4. The van der Waals surface area contributed by atoms with Gasteiger partial charge in [0.05, 0.1) is 10.7 Å². The van der Waals surface area contributed by atoms with Gasteiger partial charge in [0.15, 0.2) is 11.9 Å². The first-order valence-electron chi connectivity index (χ1n) is 9.33. The molecule has 1 aromatic heterocycles. The zero-order valence-electron chi connectivity index (χ0n) is 16.7. The number of Topliss-reactive ketones (excluding diaryl/α,β-unsaturated/α-hetero) is 1. The molecule has 2 amide bonds. The summed E-state index contributed by atoms with van der Waals surface area (Å²) >= 11 is 7.48. The molecule has 7 nitrogen and oxygen atoms in total. The maximum Gasteiger partial charge on any atom is 0.326 e. The van der Waals surface area contributed by atoms with Crippen LogP contribution in [0.15, 0.2) is 48.5 Å². The van der Waals surface area contributed by atoms with Crippen LogP contribution in [-0.2, 0) is 14.3 Å². The Kier molecular flexibility index (Phi) is 7.04. The number of amides is 2. The van der Waals surface area contributed by atoms with Gasteiger partial charge in [0.2, 0.25) is 0 Å². The van der Waals surface area contributed by atoms with Crippen molar-refractivity contribution < 1.29 is 23.9 Å². The van der Waals surface area contributed by atoms with Crippen LogP contribution in [0.4, 0.5) is 5.69 Å². The number of nitrogens with one attached hydrogen (secondary N) is 2. The van der Waals surface area contributed by atoms with Crippen molar-refractivity contribution in [3.8, 4) is 0 Å². The van der Waals surface area contributed by atoms with Crippen LogP contribution in [-0.4, -0.2) is 36.2 Å². The summed E-state index contributed by atoms with van der Waals surface area (Å²) in [6, 6.07) is 13.8. The average Bonchev–Trinajstić information content (AvgIpc) is 3.09. The Hall–Kier alpha value is -3.23. The smallest absolute Gasteiger partial charge is 0.326 e. The first-order chi connectivity index (χ1) is 14.8.